The molecule has 1 aliphatic carbocycles. The Morgan fingerprint density at radius 3 is 2.80 bits per heavy atom. The summed E-state index contributed by atoms with van der Waals surface area (Å²) in [5, 5.41) is 3.95. The molecular formula is C11H19N3O. The molecule has 0 amide bonds. The molecule has 1 atom stereocenters. The van der Waals surface area contributed by atoms with Crippen LogP contribution in [0.25, 0.3) is 0 Å². The van der Waals surface area contributed by atoms with Gasteiger partial charge in [0.05, 0.1) is 6.04 Å². The Balaban J connectivity index is 1.91. The van der Waals surface area contributed by atoms with Gasteiger partial charge < -0.3 is 10.3 Å². The Kier molecular flexibility index (Phi) is 3.05. The predicted octanol–water partition coefficient (Wildman–Crippen LogP) is 2.07. The molecule has 1 heterocycles. The van der Waals surface area contributed by atoms with Crippen LogP contribution in [0.1, 0.15) is 50.9 Å². The van der Waals surface area contributed by atoms with Gasteiger partial charge in [-0.3, -0.25) is 0 Å². The number of nitrogens with zero attached hydrogens (tertiary/aromatic N) is 2. The Hall–Kier alpha value is -0.900. The summed E-state index contributed by atoms with van der Waals surface area (Å²) in [6.07, 6.45) is 4.38. The smallest absolute Gasteiger partial charge is 0.243 e. The van der Waals surface area contributed by atoms with E-state index in [-0.39, 0.29) is 6.04 Å². The minimum absolute atomic E-state index is 0.0368. The largest absolute Gasteiger partial charge is 0.338 e. The van der Waals surface area contributed by atoms with Crippen molar-refractivity contribution in [2.45, 2.75) is 45.6 Å². The van der Waals surface area contributed by atoms with Gasteiger partial charge in [-0.15, -0.1) is 0 Å². The zero-order valence-electron chi connectivity index (χ0n) is 9.44. The monoisotopic (exact) mass is 209 g/mol. The summed E-state index contributed by atoms with van der Waals surface area (Å²) >= 11 is 0. The highest BCUT2D eigenvalue weighted by Crippen LogP contribution is 2.38. The summed E-state index contributed by atoms with van der Waals surface area (Å²) in [5.74, 6) is 2.67. The molecule has 1 aliphatic rings. The Bertz CT molecular complexity index is 317. The summed E-state index contributed by atoms with van der Waals surface area (Å²) in [7, 11) is 0. The predicted molar refractivity (Wildman–Crippen MR) is 57.1 cm³/mol. The molecule has 1 unspecified atom stereocenters. The summed E-state index contributed by atoms with van der Waals surface area (Å²) in [4.78, 5) is 4.34. The van der Waals surface area contributed by atoms with Crippen LogP contribution in [0.3, 0.4) is 0 Å². The number of aromatic nitrogens is 2. The van der Waals surface area contributed by atoms with Gasteiger partial charge in [0.2, 0.25) is 5.89 Å². The molecule has 1 saturated carbocycles. The zero-order chi connectivity index (χ0) is 10.8. The lowest BCUT2D eigenvalue weighted by molar-refractivity contribution is 0.339. The van der Waals surface area contributed by atoms with E-state index < -0.39 is 0 Å². The molecule has 0 radical (unpaired) electrons. The highest BCUT2D eigenvalue weighted by Gasteiger charge is 2.33. The molecule has 1 aromatic rings. The van der Waals surface area contributed by atoms with Gasteiger partial charge in [-0.1, -0.05) is 19.0 Å². The minimum Gasteiger partial charge on any atom is -0.338 e. The molecule has 0 aliphatic heterocycles. The Morgan fingerprint density at radius 1 is 1.47 bits per heavy atom. The highest BCUT2D eigenvalue weighted by atomic mass is 16.5. The van der Waals surface area contributed by atoms with Gasteiger partial charge in [0, 0.05) is 6.42 Å². The van der Waals surface area contributed by atoms with Gasteiger partial charge in [0.1, 0.15) is 0 Å². The first-order valence-corrected chi connectivity index (χ1v) is 5.75. The Labute approximate surface area is 90.2 Å². The van der Waals surface area contributed by atoms with Crippen molar-refractivity contribution >= 4 is 0 Å². The highest BCUT2D eigenvalue weighted by molar-refractivity contribution is 4.98. The second kappa shape index (κ2) is 4.31. The van der Waals surface area contributed by atoms with E-state index in [1.54, 1.807) is 0 Å². The molecule has 2 N–H and O–H groups in total. The van der Waals surface area contributed by atoms with Crippen molar-refractivity contribution in [3.05, 3.63) is 11.7 Å². The van der Waals surface area contributed by atoms with E-state index in [2.05, 4.69) is 24.0 Å². The van der Waals surface area contributed by atoms with Gasteiger partial charge >= 0.3 is 0 Å². The average molecular weight is 209 g/mol. The van der Waals surface area contributed by atoms with Crippen LogP contribution in [0.15, 0.2) is 4.52 Å². The quantitative estimate of drug-likeness (QED) is 0.806. The third-order valence-corrected chi connectivity index (χ3v) is 2.84. The first-order chi connectivity index (χ1) is 7.16. The van der Waals surface area contributed by atoms with Crippen molar-refractivity contribution < 1.29 is 4.52 Å². The molecule has 84 valence electrons. The molecule has 0 bridgehead atoms. The molecule has 4 heteroatoms. The third kappa shape index (κ3) is 2.78. The van der Waals surface area contributed by atoms with Crippen molar-refractivity contribution in [2.24, 2.45) is 17.6 Å². The van der Waals surface area contributed by atoms with Crippen molar-refractivity contribution in [1.29, 1.82) is 0 Å². The lowest BCUT2D eigenvalue weighted by Gasteiger charge is -2.01. The standard InChI is InChI=1S/C11H19N3O/c1-7(2)3-6-9-13-11(15-14-9)10(12)8-4-5-8/h7-8,10H,3-6,12H2,1-2H3. The summed E-state index contributed by atoms with van der Waals surface area (Å²) in [6.45, 7) is 4.38. The second-order valence-corrected chi connectivity index (χ2v) is 4.84. The van der Waals surface area contributed by atoms with E-state index in [9.17, 15) is 0 Å². The molecule has 1 aromatic heterocycles. The van der Waals surface area contributed by atoms with Crippen molar-refractivity contribution in [2.75, 3.05) is 0 Å². The molecule has 0 spiro atoms. The van der Waals surface area contributed by atoms with Crippen LogP contribution in [0.2, 0.25) is 0 Å². The van der Waals surface area contributed by atoms with Gasteiger partial charge in [-0.05, 0) is 31.1 Å². The van der Waals surface area contributed by atoms with Gasteiger partial charge in [-0.25, -0.2) is 0 Å². The zero-order valence-corrected chi connectivity index (χ0v) is 9.44. The van der Waals surface area contributed by atoms with Crippen LogP contribution >= 0.6 is 0 Å². The summed E-state index contributed by atoms with van der Waals surface area (Å²) in [5.41, 5.74) is 5.97. The van der Waals surface area contributed by atoms with Crippen LogP contribution in [0.4, 0.5) is 0 Å². The topological polar surface area (TPSA) is 64.9 Å². The van der Waals surface area contributed by atoms with Gasteiger partial charge in [-0.2, -0.15) is 4.98 Å². The van der Waals surface area contributed by atoms with Crippen molar-refractivity contribution in [3.8, 4) is 0 Å². The minimum atomic E-state index is -0.0368. The molecule has 4 nitrogen and oxygen atoms in total. The fourth-order valence-corrected chi connectivity index (χ4v) is 1.58. The van der Waals surface area contributed by atoms with Gasteiger partial charge in [0.15, 0.2) is 5.82 Å². The van der Waals surface area contributed by atoms with E-state index in [4.69, 9.17) is 10.3 Å². The third-order valence-electron chi connectivity index (χ3n) is 2.84. The first-order valence-electron chi connectivity index (χ1n) is 5.75. The van der Waals surface area contributed by atoms with Crippen molar-refractivity contribution in [1.82, 2.24) is 10.1 Å². The molecule has 15 heavy (non-hydrogen) atoms. The maximum atomic E-state index is 5.97. The molecule has 1 fully saturated rings. The number of hydrogen-bond donors (Lipinski definition) is 1. The van der Waals surface area contributed by atoms with E-state index in [1.807, 2.05) is 0 Å². The van der Waals surface area contributed by atoms with Gasteiger partial charge in [0.25, 0.3) is 0 Å². The lowest BCUT2D eigenvalue weighted by atomic mass is 10.1. The van der Waals surface area contributed by atoms with Crippen molar-refractivity contribution in [3.63, 3.8) is 0 Å². The van der Waals surface area contributed by atoms with E-state index in [0.717, 1.165) is 18.7 Å². The summed E-state index contributed by atoms with van der Waals surface area (Å²) in [6, 6.07) is -0.0368. The molecular weight excluding hydrogens is 190 g/mol. The summed E-state index contributed by atoms with van der Waals surface area (Å²) < 4.78 is 5.17. The van der Waals surface area contributed by atoms with E-state index in [1.165, 1.54) is 12.8 Å². The van der Waals surface area contributed by atoms with E-state index >= 15 is 0 Å². The maximum absolute atomic E-state index is 5.97. The number of hydrogen-bond acceptors (Lipinski definition) is 4. The van der Waals surface area contributed by atoms with Crippen LogP contribution in [0, 0.1) is 11.8 Å². The molecule has 0 saturated heterocycles. The maximum Gasteiger partial charge on any atom is 0.243 e. The van der Waals surface area contributed by atoms with Crippen LogP contribution in [0.5, 0.6) is 0 Å². The molecule has 0 aromatic carbocycles. The van der Waals surface area contributed by atoms with Crippen LogP contribution in [-0.4, -0.2) is 10.1 Å². The number of rotatable bonds is 5. The number of nitrogens with two attached hydrogens (primary N) is 1. The SMILES string of the molecule is CC(C)CCc1noc(C(N)C2CC2)n1. The first kappa shape index (κ1) is 10.6. The fourth-order valence-electron chi connectivity index (χ4n) is 1.58. The fraction of sp³-hybridized carbons (Fsp3) is 0.818. The van der Waals surface area contributed by atoms with Crippen LogP contribution < -0.4 is 5.73 Å². The van der Waals surface area contributed by atoms with E-state index in [0.29, 0.717) is 17.7 Å². The average Bonchev–Trinajstić information content (AvgIpc) is 2.93. The lowest BCUT2D eigenvalue weighted by Crippen LogP contribution is -2.12. The second-order valence-electron chi connectivity index (χ2n) is 4.84. The molecule has 2 rings (SSSR count). The number of aryl methyl sites for hydroxylation is 1. The normalized spacial score (nSPS) is 18.4. The Morgan fingerprint density at radius 2 is 2.20 bits per heavy atom. The van der Waals surface area contributed by atoms with Crippen LogP contribution in [-0.2, 0) is 6.42 Å².